The van der Waals surface area contributed by atoms with Gasteiger partial charge in [-0.3, -0.25) is 4.98 Å². The molecule has 0 saturated heterocycles. The van der Waals surface area contributed by atoms with Crippen LogP contribution >= 0.6 is 0 Å². The van der Waals surface area contributed by atoms with Gasteiger partial charge in [-0.2, -0.15) is 0 Å². The fourth-order valence-electron chi connectivity index (χ4n) is 8.70. The first-order chi connectivity index (χ1) is 29.7. The summed E-state index contributed by atoms with van der Waals surface area (Å²) in [5.41, 5.74) is 11.9. The molecule has 0 atom stereocenters. The van der Waals surface area contributed by atoms with Gasteiger partial charge in [-0.25, -0.2) is 15.0 Å². The molecule has 12 aromatic rings. The second-order valence-corrected chi connectivity index (χ2v) is 15.1. The molecular weight excluding hydrogens is 735 g/mol. The fourth-order valence-corrected chi connectivity index (χ4v) is 8.70. The number of pyridine rings is 1. The van der Waals surface area contributed by atoms with Gasteiger partial charge in [-0.1, -0.05) is 158 Å². The van der Waals surface area contributed by atoms with Gasteiger partial charge in [-0.05, 0) is 58.0 Å². The minimum Gasteiger partial charge on any atom is -0.454 e. The van der Waals surface area contributed by atoms with E-state index in [4.69, 9.17) is 19.4 Å². The van der Waals surface area contributed by atoms with E-state index in [0.717, 1.165) is 61.0 Å². The number of hydrogen-bond acceptors (Lipinski definition) is 5. The largest absolute Gasteiger partial charge is 0.454 e. The summed E-state index contributed by atoms with van der Waals surface area (Å²) in [6.45, 7) is 0. The van der Waals surface area contributed by atoms with Crippen molar-refractivity contribution < 1.29 is 4.42 Å². The Labute approximate surface area is 344 Å². The van der Waals surface area contributed by atoms with Crippen molar-refractivity contribution in [1.82, 2.24) is 24.5 Å². The molecule has 0 aliphatic heterocycles. The molecule has 0 fully saturated rings. The molecule has 4 aromatic heterocycles. The van der Waals surface area contributed by atoms with E-state index in [1.54, 1.807) is 6.20 Å². The van der Waals surface area contributed by atoms with Crippen molar-refractivity contribution in [3.8, 4) is 62.1 Å². The van der Waals surface area contributed by atoms with E-state index in [1.165, 1.54) is 32.6 Å². The lowest BCUT2D eigenvalue weighted by atomic mass is 10.0. The molecule has 0 amide bonds. The maximum atomic E-state index is 6.23. The summed E-state index contributed by atoms with van der Waals surface area (Å²) in [7, 11) is 0. The smallest absolute Gasteiger partial charge is 0.166 e. The Hall–Kier alpha value is -8.22. The van der Waals surface area contributed by atoms with Gasteiger partial charge in [0.25, 0.3) is 0 Å². The van der Waals surface area contributed by atoms with E-state index in [-0.39, 0.29) is 0 Å². The number of rotatable bonds is 6. The zero-order valence-corrected chi connectivity index (χ0v) is 32.2. The summed E-state index contributed by atoms with van der Waals surface area (Å²) in [5.74, 6) is 1.67. The maximum absolute atomic E-state index is 6.23. The fraction of sp³-hybridized carbons (Fsp3) is 0. The predicted octanol–water partition coefficient (Wildman–Crippen LogP) is 13.8. The number of fused-ring (bicyclic) bond motifs is 8. The van der Waals surface area contributed by atoms with E-state index in [0.29, 0.717) is 23.1 Å². The molecule has 8 aromatic carbocycles. The lowest BCUT2D eigenvalue weighted by Gasteiger charge is -2.13. The van der Waals surface area contributed by atoms with Gasteiger partial charge in [-0.15, -0.1) is 0 Å². The SMILES string of the molecule is c1ccc(-c2ccc(-c3nc(-c4cccc(-c5cccc(-n6c7ccccc7c7ccc8ccccc8c76)c5)c4)nc(-c4cncc5oc6ccccc6c45)n3)cc2)cc1. The van der Waals surface area contributed by atoms with E-state index in [2.05, 4.69) is 173 Å². The van der Waals surface area contributed by atoms with Crippen LogP contribution in [0.15, 0.2) is 205 Å². The van der Waals surface area contributed by atoms with Crippen LogP contribution in [0.3, 0.4) is 0 Å². The van der Waals surface area contributed by atoms with E-state index in [1.807, 2.05) is 30.5 Å². The average Bonchev–Trinajstić information content (AvgIpc) is 3.88. The Morgan fingerprint density at radius 3 is 1.88 bits per heavy atom. The standard InChI is InChI=1S/C54H33N5O/c1-2-12-34(13-3-1)35-24-26-37(27-25-35)52-56-53(58-54(57-52)46-32-55-33-49-50(46)45-21-7-9-23-48(45)60-49)40-17-10-15-38(30-40)39-16-11-18-41(31-39)59-47-22-8-6-20-43(47)44-29-28-36-14-4-5-19-42(36)51(44)59/h1-33H. The molecule has 0 spiro atoms. The van der Waals surface area contributed by atoms with Crippen LogP contribution < -0.4 is 0 Å². The van der Waals surface area contributed by atoms with Gasteiger partial charge in [0, 0.05) is 55.5 Å². The van der Waals surface area contributed by atoms with Crippen molar-refractivity contribution in [2.24, 2.45) is 0 Å². The molecule has 4 heterocycles. The highest BCUT2D eigenvalue weighted by Gasteiger charge is 2.20. The molecule has 0 aliphatic rings. The van der Waals surface area contributed by atoms with Gasteiger partial charge in [0.2, 0.25) is 0 Å². The molecule has 0 N–H and O–H groups in total. The van der Waals surface area contributed by atoms with E-state index >= 15 is 0 Å². The van der Waals surface area contributed by atoms with Crippen molar-refractivity contribution in [2.45, 2.75) is 0 Å². The number of furan rings is 1. The number of benzene rings is 8. The summed E-state index contributed by atoms with van der Waals surface area (Å²) in [5, 5.41) is 6.82. The first-order valence-corrected chi connectivity index (χ1v) is 20.0. The highest BCUT2D eigenvalue weighted by molar-refractivity contribution is 6.18. The molecule has 6 nitrogen and oxygen atoms in total. The van der Waals surface area contributed by atoms with Crippen LogP contribution in [0.2, 0.25) is 0 Å². The van der Waals surface area contributed by atoms with Crippen molar-refractivity contribution in [3.63, 3.8) is 0 Å². The van der Waals surface area contributed by atoms with Crippen LogP contribution in [0.4, 0.5) is 0 Å². The van der Waals surface area contributed by atoms with Gasteiger partial charge in [0.15, 0.2) is 23.1 Å². The number of aromatic nitrogens is 5. The van der Waals surface area contributed by atoms with Crippen molar-refractivity contribution in [3.05, 3.63) is 200 Å². The molecule has 280 valence electrons. The van der Waals surface area contributed by atoms with Gasteiger partial charge in [0.05, 0.1) is 17.2 Å². The minimum atomic E-state index is 0.526. The van der Waals surface area contributed by atoms with Crippen molar-refractivity contribution >= 4 is 54.5 Å². The molecule has 6 heteroatoms. The Balaban J connectivity index is 1.01. The highest BCUT2D eigenvalue weighted by atomic mass is 16.3. The summed E-state index contributed by atoms with van der Waals surface area (Å²) in [4.78, 5) is 20.0. The quantitative estimate of drug-likeness (QED) is 0.168. The Morgan fingerprint density at radius 2 is 1.02 bits per heavy atom. The monoisotopic (exact) mass is 767 g/mol. The second kappa shape index (κ2) is 13.7. The Kier molecular flexibility index (Phi) is 7.74. The lowest BCUT2D eigenvalue weighted by molar-refractivity contribution is 0.667. The summed E-state index contributed by atoms with van der Waals surface area (Å²) >= 11 is 0. The lowest BCUT2D eigenvalue weighted by Crippen LogP contribution is -2.01. The third-order valence-corrected chi connectivity index (χ3v) is 11.5. The Bertz CT molecular complexity index is 3610. The maximum Gasteiger partial charge on any atom is 0.166 e. The highest BCUT2D eigenvalue weighted by Crippen LogP contribution is 2.39. The zero-order chi connectivity index (χ0) is 39.6. The second-order valence-electron chi connectivity index (χ2n) is 15.1. The third kappa shape index (κ3) is 5.57. The first-order valence-electron chi connectivity index (χ1n) is 20.0. The molecule has 0 saturated carbocycles. The van der Waals surface area contributed by atoms with Crippen LogP contribution in [0.5, 0.6) is 0 Å². The zero-order valence-electron chi connectivity index (χ0n) is 32.2. The molecule has 0 radical (unpaired) electrons. The van der Waals surface area contributed by atoms with E-state index in [9.17, 15) is 0 Å². The summed E-state index contributed by atoms with van der Waals surface area (Å²) in [6, 6.07) is 65.8. The predicted molar refractivity (Wildman–Crippen MR) is 244 cm³/mol. The van der Waals surface area contributed by atoms with E-state index < -0.39 is 0 Å². The topological polar surface area (TPSA) is 69.6 Å². The van der Waals surface area contributed by atoms with Crippen LogP contribution in [-0.2, 0) is 0 Å². The normalized spacial score (nSPS) is 11.7. The molecule has 60 heavy (non-hydrogen) atoms. The van der Waals surface area contributed by atoms with Crippen LogP contribution in [0.1, 0.15) is 0 Å². The van der Waals surface area contributed by atoms with Crippen LogP contribution in [-0.4, -0.2) is 24.5 Å². The number of nitrogens with zero attached hydrogens (tertiary/aromatic N) is 5. The van der Waals surface area contributed by atoms with Crippen molar-refractivity contribution in [2.75, 3.05) is 0 Å². The molecule has 0 bridgehead atoms. The van der Waals surface area contributed by atoms with Crippen LogP contribution in [0.25, 0.3) is 117 Å². The van der Waals surface area contributed by atoms with Crippen molar-refractivity contribution in [1.29, 1.82) is 0 Å². The number of hydrogen-bond donors (Lipinski definition) is 0. The molecule has 0 unspecified atom stereocenters. The molecular formula is C54H33N5O. The van der Waals surface area contributed by atoms with Gasteiger partial charge >= 0.3 is 0 Å². The van der Waals surface area contributed by atoms with Gasteiger partial charge < -0.3 is 8.98 Å². The molecule has 0 aliphatic carbocycles. The van der Waals surface area contributed by atoms with Gasteiger partial charge in [0.1, 0.15) is 5.58 Å². The number of para-hydroxylation sites is 2. The average molecular weight is 768 g/mol. The minimum absolute atomic E-state index is 0.526. The first kappa shape index (κ1) is 33.9. The van der Waals surface area contributed by atoms with Crippen LogP contribution in [0, 0.1) is 0 Å². The third-order valence-electron chi connectivity index (χ3n) is 11.5. The molecule has 12 rings (SSSR count). The summed E-state index contributed by atoms with van der Waals surface area (Å²) in [6.07, 6.45) is 3.58. The Morgan fingerprint density at radius 1 is 0.383 bits per heavy atom. The summed E-state index contributed by atoms with van der Waals surface area (Å²) < 4.78 is 8.64.